The number of carboxylic acid groups (broad SMARTS) is 1. The first kappa shape index (κ1) is 35.6. The molecule has 0 bridgehead atoms. The first-order valence-electron chi connectivity index (χ1n) is 14.5. The molecule has 0 aliphatic rings. The topological polar surface area (TPSA) is 206 Å². The number of nitrogens with one attached hydrogen (secondary N) is 1. The number of benzene rings is 2. The van der Waals surface area contributed by atoms with Crippen molar-refractivity contribution in [2.75, 3.05) is 0 Å². The fraction of sp³-hybridized carbons (Fsp3) is 0.438. The normalized spacial score (nSPS) is 13.5. The van der Waals surface area contributed by atoms with E-state index in [0.717, 1.165) is 16.0 Å². The Hall–Kier alpha value is -4.60. The summed E-state index contributed by atoms with van der Waals surface area (Å²) in [5.74, 6) is -4.68. The van der Waals surface area contributed by atoms with Gasteiger partial charge in [-0.15, -0.1) is 0 Å². The lowest BCUT2D eigenvalue weighted by Crippen LogP contribution is -2.58. The molecule has 0 heterocycles. The zero-order valence-corrected chi connectivity index (χ0v) is 25.1. The van der Waals surface area contributed by atoms with Gasteiger partial charge in [-0.2, -0.15) is 5.26 Å². The highest BCUT2D eigenvalue weighted by Gasteiger charge is 2.38. The maximum Gasteiger partial charge on any atom is 0.323 e. The third-order valence-corrected chi connectivity index (χ3v) is 6.96. The van der Waals surface area contributed by atoms with Gasteiger partial charge in [-0.05, 0) is 42.7 Å². The third kappa shape index (κ3) is 11.6. The van der Waals surface area contributed by atoms with E-state index in [-0.39, 0.29) is 44.6 Å². The van der Waals surface area contributed by atoms with Gasteiger partial charge in [0.25, 0.3) is 0 Å². The van der Waals surface area contributed by atoms with Crippen LogP contribution in [0.25, 0.3) is 0 Å². The molecular formula is C32H41N5O7. The summed E-state index contributed by atoms with van der Waals surface area (Å²) in [6.45, 7) is 3.43. The highest BCUT2D eigenvalue weighted by Crippen LogP contribution is 2.18. The number of carbonyl (C=O) groups is 5. The van der Waals surface area contributed by atoms with Gasteiger partial charge in [-0.25, -0.2) is 0 Å². The Morgan fingerprint density at radius 2 is 1.55 bits per heavy atom. The van der Waals surface area contributed by atoms with Crippen LogP contribution in [0.2, 0.25) is 0 Å². The molecule has 2 unspecified atom stereocenters. The van der Waals surface area contributed by atoms with Crippen LogP contribution in [-0.2, 0) is 41.7 Å². The van der Waals surface area contributed by atoms with Crippen molar-refractivity contribution in [1.82, 2.24) is 10.2 Å². The smallest absolute Gasteiger partial charge is 0.323 e. The lowest BCUT2D eigenvalue weighted by molar-refractivity contribution is -0.154. The monoisotopic (exact) mass is 607 g/mol. The molecule has 4 atom stereocenters. The van der Waals surface area contributed by atoms with E-state index in [4.69, 9.17) is 21.3 Å². The highest BCUT2D eigenvalue weighted by molar-refractivity contribution is 6.02. The molecule has 0 fully saturated rings. The number of nitrogens with two attached hydrogens (primary N) is 2. The fourth-order valence-electron chi connectivity index (χ4n) is 4.35. The fourth-order valence-corrected chi connectivity index (χ4v) is 4.35. The standard InChI is InChI=1S/C32H41N5O7/c1-21(2)29(35)31(42)37(27(38)17-16-22-10-5-3-6-11-22)26(30(41)36-24(19-33)18-28(39)40)15-9-14-25(34)32(43)44-20-23-12-7-4-8-13-23/h3-8,10-13,21,24-26,29H,9,14-18,20,34-35H2,1-2H3,(H,36,41)(H,39,40)/t24?,25?,26-,29-/m0/s1. The van der Waals surface area contributed by atoms with E-state index in [9.17, 15) is 29.2 Å². The minimum absolute atomic E-state index is 0.0306. The van der Waals surface area contributed by atoms with Gasteiger partial charge in [-0.3, -0.25) is 28.9 Å². The average molecular weight is 608 g/mol. The van der Waals surface area contributed by atoms with Gasteiger partial charge < -0.3 is 26.6 Å². The second-order valence-electron chi connectivity index (χ2n) is 10.8. The zero-order valence-electron chi connectivity index (χ0n) is 25.1. The Kier molecular flexibility index (Phi) is 14.7. The molecular weight excluding hydrogens is 566 g/mol. The number of hydrogen-bond donors (Lipinski definition) is 4. The lowest BCUT2D eigenvalue weighted by Gasteiger charge is -2.33. The summed E-state index contributed by atoms with van der Waals surface area (Å²) in [7, 11) is 0. The molecule has 12 nitrogen and oxygen atoms in total. The SMILES string of the molecule is CC(C)[C@H](N)C(=O)N(C(=O)CCc1ccccc1)[C@@H](CCCC(N)C(=O)OCc1ccccc1)C(=O)NC(C#N)CC(=O)O. The van der Waals surface area contributed by atoms with Crippen LogP contribution in [-0.4, -0.2) is 63.8 Å². The van der Waals surface area contributed by atoms with Crippen LogP contribution in [0.3, 0.4) is 0 Å². The average Bonchev–Trinajstić information content (AvgIpc) is 3.01. The van der Waals surface area contributed by atoms with Crippen molar-refractivity contribution in [3.05, 3.63) is 71.8 Å². The van der Waals surface area contributed by atoms with Crippen molar-refractivity contribution in [1.29, 1.82) is 5.26 Å². The number of imide groups is 1. The van der Waals surface area contributed by atoms with Gasteiger partial charge in [0.05, 0.1) is 18.5 Å². The molecule has 12 heteroatoms. The van der Waals surface area contributed by atoms with Crippen molar-refractivity contribution >= 4 is 29.7 Å². The molecule has 2 aromatic carbocycles. The number of hydrogen-bond acceptors (Lipinski definition) is 9. The summed E-state index contributed by atoms with van der Waals surface area (Å²) >= 11 is 0. The molecule has 2 aromatic rings. The van der Waals surface area contributed by atoms with Crippen LogP contribution in [0.4, 0.5) is 0 Å². The van der Waals surface area contributed by atoms with E-state index in [0.29, 0.717) is 0 Å². The summed E-state index contributed by atoms with van der Waals surface area (Å²) in [4.78, 5) is 65.2. The van der Waals surface area contributed by atoms with E-state index in [2.05, 4.69) is 5.32 Å². The summed E-state index contributed by atoms with van der Waals surface area (Å²) in [5.41, 5.74) is 13.8. The van der Waals surface area contributed by atoms with Crippen LogP contribution < -0.4 is 16.8 Å². The van der Waals surface area contributed by atoms with Gasteiger partial charge in [0, 0.05) is 6.42 Å². The lowest BCUT2D eigenvalue weighted by atomic mass is 9.98. The van der Waals surface area contributed by atoms with Crippen LogP contribution in [0.5, 0.6) is 0 Å². The number of rotatable bonds is 17. The number of carbonyl (C=O) groups excluding carboxylic acids is 4. The number of aliphatic carboxylic acids is 1. The molecule has 0 spiro atoms. The van der Waals surface area contributed by atoms with E-state index < -0.39 is 60.2 Å². The maximum absolute atomic E-state index is 13.6. The molecule has 3 amide bonds. The first-order valence-corrected chi connectivity index (χ1v) is 14.5. The van der Waals surface area contributed by atoms with Crippen molar-refractivity contribution in [2.45, 2.75) is 83.1 Å². The van der Waals surface area contributed by atoms with Gasteiger partial charge >= 0.3 is 11.9 Å². The summed E-state index contributed by atoms with van der Waals surface area (Å²) < 4.78 is 5.28. The Morgan fingerprint density at radius 1 is 0.955 bits per heavy atom. The van der Waals surface area contributed by atoms with Crippen molar-refractivity contribution in [3.63, 3.8) is 0 Å². The van der Waals surface area contributed by atoms with Crippen LogP contribution in [0, 0.1) is 17.2 Å². The van der Waals surface area contributed by atoms with Gasteiger partial charge in [0.15, 0.2) is 0 Å². The molecule has 44 heavy (non-hydrogen) atoms. The number of amides is 3. The largest absolute Gasteiger partial charge is 0.481 e. The van der Waals surface area contributed by atoms with Gasteiger partial charge in [-0.1, -0.05) is 74.5 Å². The molecule has 6 N–H and O–H groups in total. The van der Waals surface area contributed by atoms with E-state index in [1.807, 2.05) is 36.4 Å². The van der Waals surface area contributed by atoms with Crippen LogP contribution in [0.15, 0.2) is 60.7 Å². The second kappa shape index (κ2) is 18.1. The van der Waals surface area contributed by atoms with Crippen molar-refractivity contribution < 1.29 is 33.8 Å². The molecule has 0 aromatic heterocycles. The first-order chi connectivity index (χ1) is 20.9. The Labute approximate surface area is 257 Å². The summed E-state index contributed by atoms with van der Waals surface area (Å²) in [6.07, 6.45) is -0.467. The third-order valence-electron chi connectivity index (χ3n) is 6.96. The molecule has 0 saturated carbocycles. The summed E-state index contributed by atoms with van der Waals surface area (Å²) in [5, 5.41) is 20.9. The highest BCUT2D eigenvalue weighted by atomic mass is 16.5. The maximum atomic E-state index is 13.6. The Bertz CT molecular complexity index is 1300. The van der Waals surface area contributed by atoms with Gasteiger partial charge in [0.2, 0.25) is 17.7 Å². The number of aryl methyl sites for hydroxylation is 1. The summed E-state index contributed by atoms with van der Waals surface area (Å²) in [6, 6.07) is 14.8. The van der Waals surface area contributed by atoms with E-state index in [1.165, 1.54) is 0 Å². The number of carboxylic acids is 1. The van der Waals surface area contributed by atoms with Crippen molar-refractivity contribution in [3.8, 4) is 6.07 Å². The Morgan fingerprint density at radius 3 is 2.09 bits per heavy atom. The van der Waals surface area contributed by atoms with Gasteiger partial charge in [0.1, 0.15) is 24.7 Å². The zero-order chi connectivity index (χ0) is 32.6. The Balaban J connectivity index is 2.27. The van der Waals surface area contributed by atoms with E-state index >= 15 is 0 Å². The predicted octanol–water partition coefficient (Wildman–Crippen LogP) is 2.05. The minimum Gasteiger partial charge on any atom is -0.481 e. The molecule has 0 saturated heterocycles. The molecule has 2 rings (SSSR count). The van der Waals surface area contributed by atoms with E-state index in [1.54, 1.807) is 44.2 Å². The molecule has 0 radical (unpaired) electrons. The number of ether oxygens (including phenoxy) is 1. The molecule has 236 valence electrons. The molecule has 0 aliphatic heterocycles. The second-order valence-corrected chi connectivity index (χ2v) is 10.8. The number of nitrogens with zero attached hydrogens (tertiary/aromatic N) is 2. The predicted molar refractivity (Wildman–Crippen MR) is 161 cm³/mol. The number of esters is 1. The van der Waals surface area contributed by atoms with Crippen LogP contribution in [0.1, 0.15) is 57.1 Å². The van der Waals surface area contributed by atoms with Crippen molar-refractivity contribution in [2.24, 2.45) is 17.4 Å². The minimum atomic E-state index is -1.44. The quantitative estimate of drug-likeness (QED) is 0.193. The molecule has 0 aliphatic carbocycles. The van der Waals surface area contributed by atoms with Crippen LogP contribution >= 0.6 is 0 Å². The number of nitriles is 1.